The molecule has 0 bridgehead atoms. The molecule has 2 saturated heterocycles. The number of likely N-dealkylation sites (N-methyl/N-ethyl adjacent to an activating group) is 1. The molecule has 1 atom stereocenters. The number of hydrogen-bond donors (Lipinski definition) is 1. The van der Waals surface area contributed by atoms with E-state index in [2.05, 4.69) is 17.1 Å². The summed E-state index contributed by atoms with van der Waals surface area (Å²) in [5.41, 5.74) is 0. The average Bonchev–Trinajstić information content (AvgIpc) is 2.62. The highest BCUT2D eigenvalue weighted by Crippen LogP contribution is 2.14. The number of carbonyl (C=O) groups excluding carboxylic acids is 1. The van der Waals surface area contributed by atoms with Crippen LogP contribution in [0.15, 0.2) is 0 Å². The third-order valence-electron chi connectivity index (χ3n) is 3.90. The van der Waals surface area contributed by atoms with E-state index in [1.54, 1.807) is 0 Å². The molecular formula is C12H23N3O. The van der Waals surface area contributed by atoms with Crippen molar-refractivity contribution in [2.45, 2.75) is 38.3 Å². The Hall–Kier alpha value is -0.610. The van der Waals surface area contributed by atoms with Gasteiger partial charge in [0.25, 0.3) is 0 Å². The van der Waals surface area contributed by atoms with Crippen molar-refractivity contribution >= 4 is 5.91 Å². The first kappa shape index (κ1) is 11.9. The molecule has 1 unspecified atom stereocenters. The van der Waals surface area contributed by atoms with E-state index < -0.39 is 0 Å². The molecule has 4 heteroatoms. The molecule has 1 N–H and O–H groups in total. The number of piperidine rings is 1. The van der Waals surface area contributed by atoms with E-state index in [0.717, 1.165) is 19.5 Å². The third kappa shape index (κ3) is 2.55. The van der Waals surface area contributed by atoms with Crippen LogP contribution in [-0.4, -0.2) is 61.0 Å². The van der Waals surface area contributed by atoms with E-state index in [0.29, 0.717) is 6.04 Å². The highest BCUT2D eigenvalue weighted by molar-refractivity contribution is 5.83. The van der Waals surface area contributed by atoms with Crippen molar-refractivity contribution in [3.63, 3.8) is 0 Å². The predicted molar refractivity (Wildman–Crippen MR) is 64.3 cm³/mol. The van der Waals surface area contributed by atoms with E-state index in [-0.39, 0.29) is 11.9 Å². The van der Waals surface area contributed by atoms with Crippen LogP contribution in [0, 0.1) is 0 Å². The maximum Gasteiger partial charge on any atom is 0.239 e. The van der Waals surface area contributed by atoms with Gasteiger partial charge in [0.1, 0.15) is 0 Å². The molecule has 92 valence electrons. The van der Waals surface area contributed by atoms with Crippen molar-refractivity contribution in [1.29, 1.82) is 0 Å². The zero-order valence-corrected chi connectivity index (χ0v) is 10.4. The van der Waals surface area contributed by atoms with Crippen molar-refractivity contribution in [1.82, 2.24) is 15.1 Å². The van der Waals surface area contributed by atoms with Crippen LogP contribution in [0.25, 0.3) is 0 Å². The molecule has 0 aromatic carbocycles. The van der Waals surface area contributed by atoms with Gasteiger partial charge in [-0.2, -0.15) is 0 Å². The molecular weight excluding hydrogens is 202 g/mol. The smallest absolute Gasteiger partial charge is 0.239 e. The Balaban J connectivity index is 1.77. The molecule has 2 aliphatic heterocycles. The highest BCUT2D eigenvalue weighted by atomic mass is 16.2. The third-order valence-corrected chi connectivity index (χ3v) is 3.90. The normalized spacial score (nSPS) is 29.0. The van der Waals surface area contributed by atoms with Gasteiger partial charge in [0.15, 0.2) is 0 Å². The van der Waals surface area contributed by atoms with E-state index in [1.807, 2.05) is 11.9 Å². The molecule has 0 aliphatic carbocycles. The zero-order chi connectivity index (χ0) is 11.5. The van der Waals surface area contributed by atoms with Gasteiger partial charge in [-0.25, -0.2) is 0 Å². The van der Waals surface area contributed by atoms with Gasteiger partial charge < -0.3 is 15.1 Å². The minimum Gasteiger partial charge on any atom is -0.344 e. The van der Waals surface area contributed by atoms with Crippen molar-refractivity contribution in [3.8, 4) is 0 Å². The second-order valence-corrected chi connectivity index (χ2v) is 4.98. The minimum absolute atomic E-state index is 0.0863. The number of nitrogens with one attached hydrogen (secondary N) is 1. The van der Waals surface area contributed by atoms with E-state index in [4.69, 9.17) is 0 Å². The lowest BCUT2D eigenvalue weighted by Crippen LogP contribution is -2.48. The first-order valence-corrected chi connectivity index (χ1v) is 6.44. The predicted octanol–water partition coefficient (Wildman–Crippen LogP) is 0.291. The average molecular weight is 225 g/mol. The summed E-state index contributed by atoms with van der Waals surface area (Å²) in [6, 6.07) is 0.631. The van der Waals surface area contributed by atoms with Gasteiger partial charge in [0.2, 0.25) is 5.91 Å². The molecule has 2 aliphatic rings. The summed E-state index contributed by atoms with van der Waals surface area (Å²) in [4.78, 5) is 16.1. The van der Waals surface area contributed by atoms with Crippen molar-refractivity contribution < 1.29 is 4.79 Å². The van der Waals surface area contributed by atoms with Gasteiger partial charge in [0, 0.05) is 19.6 Å². The molecule has 16 heavy (non-hydrogen) atoms. The Bertz CT molecular complexity index is 249. The maximum absolute atomic E-state index is 11.8. The SMILES string of the molecule is CCN1CCC(NC2CCN(C)C2=O)CC1. The second-order valence-electron chi connectivity index (χ2n) is 4.98. The van der Waals surface area contributed by atoms with Crippen LogP contribution in [0.2, 0.25) is 0 Å². The Morgan fingerprint density at radius 2 is 1.94 bits per heavy atom. The molecule has 4 nitrogen and oxygen atoms in total. The number of rotatable bonds is 3. The number of hydrogen-bond acceptors (Lipinski definition) is 3. The number of amides is 1. The molecule has 2 rings (SSSR count). The van der Waals surface area contributed by atoms with Gasteiger partial charge in [0.05, 0.1) is 6.04 Å². The topological polar surface area (TPSA) is 35.6 Å². The molecule has 0 radical (unpaired) electrons. The fourth-order valence-electron chi connectivity index (χ4n) is 2.68. The molecule has 1 amide bonds. The maximum atomic E-state index is 11.8. The van der Waals surface area contributed by atoms with Gasteiger partial charge in [-0.15, -0.1) is 0 Å². The molecule has 0 aromatic rings. The van der Waals surface area contributed by atoms with E-state index >= 15 is 0 Å². The van der Waals surface area contributed by atoms with Gasteiger partial charge in [-0.1, -0.05) is 6.92 Å². The van der Waals surface area contributed by atoms with Crippen LogP contribution < -0.4 is 5.32 Å². The number of carbonyl (C=O) groups is 1. The highest BCUT2D eigenvalue weighted by Gasteiger charge is 2.31. The van der Waals surface area contributed by atoms with Crippen LogP contribution in [0.1, 0.15) is 26.2 Å². The van der Waals surface area contributed by atoms with Crippen LogP contribution >= 0.6 is 0 Å². The summed E-state index contributed by atoms with van der Waals surface area (Å²) in [5.74, 6) is 0.276. The number of likely N-dealkylation sites (tertiary alicyclic amines) is 2. The largest absolute Gasteiger partial charge is 0.344 e. The molecule has 0 spiro atoms. The first-order chi connectivity index (χ1) is 7.70. The summed E-state index contributed by atoms with van der Waals surface area (Å²) >= 11 is 0. The van der Waals surface area contributed by atoms with Gasteiger partial charge >= 0.3 is 0 Å². The number of nitrogens with zero attached hydrogens (tertiary/aromatic N) is 2. The van der Waals surface area contributed by atoms with E-state index in [9.17, 15) is 4.79 Å². The van der Waals surface area contributed by atoms with Crippen LogP contribution in [0.3, 0.4) is 0 Å². The molecule has 2 heterocycles. The Morgan fingerprint density at radius 1 is 1.25 bits per heavy atom. The molecule has 0 aromatic heterocycles. The molecule has 2 fully saturated rings. The minimum atomic E-state index is 0.0863. The fourth-order valence-corrected chi connectivity index (χ4v) is 2.68. The molecule has 0 saturated carbocycles. The summed E-state index contributed by atoms with van der Waals surface area (Å²) < 4.78 is 0. The summed E-state index contributed by atoms with van der Waals surface area (Å²) in [6.45, 7) is 6.61. The van der Waals surface area contributed by atoms with Crippen molar-refractivity contribution in [3.05, 3.63) is 0 Å². The monoisotopic (exact) mass is 225 g/mol. The summed E-state index contributed by atoms with van der Waals surface area (Å²) in [6.07, 6.45) is 3.34. The lowest BCUT2D eigenvalue weighted by atomic mass is 10.0. The van der Waals surface area contributed by atoms with Crippen LogP contribution in [0.4, 0.5) is 0 Å². The van der Waals surface area contributed by atoms with Crippen molar-refractivity contribution in [2.24, 2.45) is 0 Å². The standard InChI is InChI=1S/C12H23N3O/c1-3-15-8-4-10(5-9-15)13-11-6-7-14(2)12(11)16/h10-11,13H,3-9H2,1-2H3. The zero-order valence-electron chi connectivity index (χ0n) is 10.4. The summed E-state index contributed by atoms with van der Waals surface area (Å²) in [7, 11) is 1.89. The van der Waals surface area contributed by atoms with Gasteiger partial charge in [-0.05, 0) is 38.9 Å². The lowest BCUT2D eigenvalue weighted by molar-refractivity contribution is -0.128. The Morgan fingerprint density at radius 3 is 2.44 bits per heavy atom. The summed E-state index contributed by atoms with van der Waals surface area (Å²) in [5, 5.41) is 3.52. The van der Waals surface area contributed by atoms with Crippen LogP contribution in [-0.2, 0) is 4.79 Å². The van der Waals surface area contributed by atoms with Gasteiger partial charge in [-0.3, -0.25) is 4.79 Å². The quantitative estimate of drug-likeness (QED) is 0.750. The van der Waals surface area contributed by atoms with Crippen molar-refractivity contribution in [2.75, 3.05) is 33.2 Å². The second kappa shape index (κ2) is 5.15. The lowest BCUT2D eigenvalue weighted by Gasteiger charge is -2.32. The fraction of sp³-hybridized carbons (Fsp3) is 0.917. The first-order valence-electron chi connectivity index (χ1n) is 6.44. The Labute approximate surface area is 98.0 Å². The van der Waals surface area contributed by atoms with Crippen LogP contribution in [0.5, 0.6) is 0 Å². The Kier molecular flexibility index (Phi) is 3.82. The van der Waals surface area contributed by atoms with E-state index in [1.165, 1.54) is 25.9 Å².